The number of thiazole rings is 1. The third kappa shape index (κ3) is 3.78. The second-order valence-electron chi connectivity index (χ2n) is 8.24. The van der Waals surface area contributed by atoms with Gasteiger partial charge in [-0.1, -0.05) is 26.0 Å². The van der Waals surface area contributed by atoms with Gasteiger partial charge in [-0.05, 0) is 49.8 Å². The highest BCUT2D eigenvalue weighted by molar-refractivity contribution is 7.17. The summed E-state index contributed by atoms with van der Waals surface area (Å²) in [6.45, 7) is 11.3. The lowest BCUT2D eigenvalue weighted by Crippen LogP contribution is -2.38. The van der Waals surface area contributed by atoms with Crippen molar-refractivity contribution in [1.82, 2.24) is 14.7 Å². The van der Waals surface area contributed by atoms with E-state index in [2.05, 4.69) is 53.3 Å². The molecule has 1 aliphatic rings. The van der Waals surface area contributed by atoms with E-state index in [1.165, 1.54) is 12.1 Å². The smallest absolute Gasteiger partial charge is 0.270 e. The number of carbonyl (C=O) groups excluding carboxylic acids is 1. The molecule has 148 valence electrons. The van der Waals surface area contributed by atoms with Crippen molar-refractivity contribution in [1.29, 1.82) is 0 Å². The molecule has 1 saturated heterocycles. The third-order valence-corrected chi connectivity index (χ3v) is 6.33. The third-order valence-electron chi connectivity index (χ3n) is 5.43. The van der Waals surface area contributed by atoms with Crippen molar-refractivity contribution < 1.29 is 4.79 Å². The molecule has 1 N–H and O–H groups in total. The number of hydrogen-bond donors (Lipinski definition) is 1. The van der Waals surface area contributed by atoms with E-state index in [1.807, 2.05) is 24.4 Å². The van der Waals surface area contributed by atoms with Crippen LogP contribution in [0.2, 0.25) is 0 Å². The Bertz CT molecular complexity index is 995. The first kappa shape index (κ1) is 19.0. The van der Waals surface area contributed by atoms with Gasteiger partial charge in [0.15, 0.2) is 4.96 Å². The van der Waals surface area contributed by atoms with Crippen LogP contribution in [0.4, 0.5) is 5.69 Å². The summed E-state index contributed by atoms with van der Waals surface area (Å²) in [4.78, 5) is 21.8. The number of benzene rings is 1. The molecule has 0 spiro atoms. The van der Waals surface area contributed by atoms with Gasteiger partial charge in [0, 0.05) is 36.4 Å². The number of fused-ring (bicyclic) bond motifs is 1. The molecule has 4 rings (SSSR count). The lowest BCUT2D eigenvalue weighted by Gasteiger charge is -2.36. The molecule has 6 heteroatoms. The Morgan fingerprint density at radius 1 is 1.25 bits per heavy atom. The quantitative estimate of drug-likeness (QED) is 0.710. The largest absolute Gasteiger partial charge is 0.371 e. The van der Waals surface area contributed by atoms with Crippen LogP contribution >= 0.6 is 11.3 Å². The molecule has 1 fully saturated rings. The number of amides is 1. The SMILES string of the molecule is Cc1cn2c(C(=O)NCc3cccc(N4CC(C)CC(C)C4)c3)c(C)nc2s1. The summed E-state index contributed by atoms with van der Waals surface area (Å²) in [6.07, 6.45) is 3.28. The van der Waals surface area contributed by atoms with Gasteiger partial charge in [0.2, 0.25) is 0 Å². The van der Waals surface area contributed by atoms with Gasteiger partial charge in [-0.2, -0.15) is 0 Å². The monoisotopic (exact) mass is 396 g/mol. The molecule has 2 atom stereocenters. The summed E-state index contributed by atoms with van der Waals surface area (Å²) in [6, 6.07) is 8.55. The summed E-state index contributed by atoms with van der Waals surface area (Å²) >= 11 is 1.60. The second-order valence-corrected chi connectivity index (χ2v) is 9.46. The first-order valence-corrected chi connectivity index (χ1v) is 10.8. The average molecular weight is 397 g/mol. The molecule has 0 radical (unpaired) electrons. The van der Waals surface area contributed by atoms with E-state index in [0.29, 0.717) is 24.1 Å². The van der Waals surface area contributed by atoms with Crippen LogP contribution in [0, 0.1) is 25.7 Å². The number of nitrogens with one attached hydrogen (secondary N) is 1. The van der Waals surface area contributed by atoms with E-state index >= 15 is 0 Å². The van der Waals surface area contributed by atoms with Crippen molar-refractivity contribution >= 4 is 27.9 Å². The van der Waals surface area contributed by atoms with Gasteiger partial charge in [0.25, 0.3) is 5.91 Å². The predicted molar refractivity (Wildman–Crippen MR) is 115 cm³/mol. The Balaban J connectivity index is 1.47. The standard InChI is InChI=1S/C22H28N4OS/c1-14-8-15(2)12-25(11-14)19-7-5-6-18(9-19)10-23-21(27)20-17(4)24-22-26(20)13-16(3)28-22/h5-7,9,13-15H,8,10-12H2,1-4H3,(H,23,27). The van der Waals surface area contributed by atoms with Crippen molar-refractivity contribution in [2.75, 3.05) is 18.0 Å². The fourth-order valence-corrected chi connectivity index (χ4v) is 5.21. The number of hydrogen-bond acceptors (Lipinski definition) is 4. The molecule has 1 amide bonds. The first-order chi connectivity index (χ1) is 13.4. The number of anilines is 1. The fraction of sp³-hybridized carbons (Fsp3) is 0.455. The predicted octanol–water partition coefficient (Wildman–Crippen LogP) is 4.42. The van der Waals surface area contributed by atoms with Crippen molar-refractivity contribution in [3.8, 4) is 0 Å². The lowest BCUT2D eigenvalue weighted by atomic mass is 9.91. The normalized spacial score (nSPS) is 19.9. The highest BCUT2D eigenvalue weighted by Gasteiger charge is 2.22. The number of carbonyl (C=O) groups is 1. The van der Waals surface area contributed by atoms with Crippen molar-refractivity contribution in [3.63, 3.8) is 0 Å². The summed E-state index contributed by atoms with van der Waals surface area (Å²) in [5.41, 5.74) is 3.78. The van der Waals surface area contributed by atoms with Gasteiger partial charge >= 0.3 is 0 Å². The summed E-state index contributed by atoms with van der Waals surface area (Å²) in [7, 11) is 0. The van der Waals surface area contributed by atoms with Crippen molar-refractivity contribution in [3.05, 3.63) is 52.3 Å². The maximum atomic E-state index is 12.8. The molecule has 1 aliphatic heterocycles. The molecule has 0 saturated carbocycles. The number of piperidine rings is 1. The van der Waals surface area contributed by atoms with Crippen LogP contribution in [0.5, 0.6) is 0 Å². The van der Waals surface area contributed by atoms with Gasteiger partial charge in [-0.3, -0.25) is 9.20 Å². The van der Waals surface area contributed by atoms with Gasteiger partial charge in [0.05, 0.1) is 5.69 Å². The zero-order valence-corrected chi connectivity index (χ0v) is 17.8. The number of imidazole rings is 1. The molecular formula is C22H28N4OS. The van der Waals surface area contributed by atoms with E-state index in [4.69, 9.17) is 0 Å². The Labute approximate surface area is 170 Å². The topological polar surface area (TPSA) is 49.6 Å². The summed E-state index contributed by atoms with van der Waals surface area (Å²) in [5.74, 6) is 1.36. The lowest BCUT2D eigenvalue weighted by molar-refractivity contribution is 0.0944. The van der Waals surface area contributed by atoms with Gasteiger partial charge < -0.3 is 10.2 Å². The minimum absolute atomic E-state index is 0.0755. The highest BCUT2D eigenvalue weighted by atomic mass is 32.1. The maximum Gasteiger partial charge on any atom is 0.270 e. The summed E-state index contributed by atoms with van der Waals surface area (Å²) in [5, 5.41) is 3.08. The van der Waals surface area contributed by atoms with E-state index in [0.717, 1.165) is 34.2 Å². The number of nitrogens with zero attached hydrogens (tertiary/aromatic N) is 3. The zero-order chi connectivity index (χ0) is 19.8. The molecular weight excluding hydrogens is 368 g/mol. The van der Waals surface area contributed by atoms with Gasteiger partial charge in [0.1, 0.15) is 5.69 Å². The molecule has 28 heavy (non-hydrogen) atoms. The van der Waals surface area contributed by atoms with Gasteiger partial charge in [-0.25, -0.2) is 4.98 Å². The molecule has 2 unspecified atom stereocenters. The Morgan fingerprint density at radius 3 is 2.75 bits per heavy atom. The van der Waals surface area contributed by atoms with Crippen molar-refractivity contribution in [2.45, 2.75) is 40.7 Å². The minimum Gasteiger partial charge on any atom is -0.371 e. The second kappa shape index (κ2) is 7.59. The van der Waals surface area contributed by atoms with Crippen LogP contribution in [0.25, 0.3) is 4.96 Å². The molecule has 1 aromatic carbocycles. The molecule has 0 bridgehead atoms. The Kier molecular flexibility index (Phi) is 5.15. The van der Waals surface area contributed by atoms with Crippen LogP contribution < -0.4 is 10.2 Å². The number of rotatable bonds is 4. The van der Waals surface area contributed by atoms with Crippen LogP contribution in [-0.2, 0) is 6.54 Å². The average Bonchev–Trinajstić information content (AvgIpc) is 3.13. The van der Waals surface area contributed by atoms with Crippen molar-refractivity contribution in [2.24, 2.45) is 11.8 Å². The maximum absolute atomic E-state index is 12.8. The minimum atomic E-state index is -0.0755. The molecule has 3 heterocycles. The van der Waals surface area contributed by atoms with Crippen LogP contribution in [-0.4, -0.2) is 28.4 Å². The Hall–Kier alpha value is -2.34. The molecule has 3 aromatic rings. The molecule has 0 aliphatic carbocycles. The van der Waals surface area contributed by atoms with E-state index in [9.17, 15) is 4.79 Å². The fourth-order valence-electron chi connectivity index (χ4n) is 4.34. The molecule has 2 aromatic heterocycles. The summed E-state index contributed by atoms with van der Waals surface area (Å²) < 4.78 is 1.90. The van der Waals surface area contributed by atoms with E-state index in [-0.39, 0.29) is 5.91 Å². The van der Waals surface area contributed by atoms with E-state index in [1.54, 1.807) is 11.3 Å². The van der Waals surface area contributed by atoms with E-state index < -0.39 is 0 Å². The number of aryl methyl sites for hydroxylation is 2. The van der Waals surface area contributed by atoms with Crippen LogP contribution in [0.3, 0.4) is 0 Å². The highest BCUT2D eigenvalue weighted by Crippen LogP contribution is 2.27. The molecule has 5 nitrogen and oxygen atoms in total. The number of aromatic nitrogens is 2. The Morgan fingerprint density at radius 2 is 2.00 bits per heavy atom. The zero-order valence-electron chi connectivity index (χ0n) is 17.0. The van der Waals surface area contributed by atoms with Gasteiger partial charge in [-0.15, -0.1) is 11.3 Å². The van der Waals surface area contributed by atoms with Crippen LogP contribution in [0.1, 0.15) is 46.9 Å². The first-order valence-electron chi connectivity index (χ1n) is 9.98. The van der Waals surface area contributed by atoms with Crippen LogP contribution in [0.15, 0.2) is 30.5 Å².